The molecule has 1 aromatic carbocycles. The van der Waals surface area contributed by atoms with E-state index in [2.05, 4.69) is 25.9 Å². The van der Waals surface area contributed by atoms with Crippen LogP contribution in [0.2, 0.25) is 0 Å². The smallest absolute Gasteiger partial charge is 0.218 e. The van der Waals surface area contributed by atoms with Gasteiger partial charge in [-0.25, -0.2) is 9.97 Å². The SMILES string of the molecule is CN(Cc1cccc(Br)c1)c1cc(F)ncn1. The molecule has 0 aliphatic heterocycles. The van der Waals surface area contributed by atoms with Gasteiger partial charge < -0.3 is 4.90 Å². The van der Waals surface area contributed by atoms with Crippen molar-refractivity contribution in [3.63, 3.8) is 0 Å². The summed E-state index contributed by atoms with van der Waals surface area (Å²) < 4.78 is 14.0. The fraction of sp³-hybridized carbons (Fsp3) is 0.167. The van der Waals surface area contributed by atoms with E-state index in [0.717, 1.165) is 10.0 Å². The van der Waals surface area contributed by atoms with Crippen LogP contribution in [0.1, 0.15) is 5.56 Å². The highest BCUT2D eigenvalue weighted by Gasteiger charge is 2.05. The standard InChI is InChI=1S/C12H11BrFN3/c1-17(12-6-11(14)15-8-16-12)7-9-3-2-4-10(13)5-9/h2-6,8H,7H2,1H3. The molecule has 0 fully saturated rings. The summed E-state index contributed by atoms with van der Waals surface area (Å²) in [5, 5.41) is 0. The van der Waals surface area contributed by atoms with Gasteiger partial charge in [0.05, 0.1) is 0 Å². The Bertz CT molecular complexity index is 519. The average molecular weight is 296 g/mol. The van der Waals surface area contributed by atoms with Crippen LogP contribution in [-0.2, 0) is 6.54 Å². The molecule has 0 aliphatic rings. The Morgan fingerprint density at radius 3 is 2.82 bits per heavy atom. The van der Waals surface area contributed by atoms with Crippen molar-refractivity contribution in [3.05, 3.63) is 52.6 Å². The zero-order valence-electron chi connectivity index (χ0n) is 9.27. The molecule has 0 atom stereocenters. The van der Waals surface area contributed by atoms with Gasteiger partial charge in [-0.15, -0.1) is 0 Å². The van der Waals surface area contributed by atoms with Crippen molar-refractivity contribution in [1.29, 1.82) is 0 Å². The number of nitrogens with zero attached hydrogens (tertiary/aromatic N) is 3. The van der Waals surface area contributed by atoms with Crippen LogP contribution in [0.25, 0.3) is 0 Å². The minimum absolute atomic E-state index is 0.518. The zero-order valence-corrected chi connectivity index (χ0v) is 10.9. The number of halogens is 2. The Labute approximate surface area is 107 Å². The predicted molar refractivity (Wildman–Crippen MR) is 68.2 cm³/mol. The lowest BCUT2D eigenvalue weighted by Crippen LogP contribution is -2.18. The van der Waals surface area contributed by atoms with Gasteiger partial charge in [-0.1, -0.05) is 28.1 Å². The first-order valence-corrected chi connectivity index (χ1v) is 5.87. The molecule has 0 N–H and O–H groups in total. The number of benzene rings is 1. The lowest BCUT2D eigenvalue weighted by molar-refractivity contribution is 0.578. The van der Waals surface area contributed by atoms with Gasteiger partial charge in [0.15, 0.2) is 0 Å². The van der Waals surface area contributed by atoms with E-state index < -0.39 is 5.95 Å². The van der Waals surface area contributed by atoms with Crippen molar-refractivity contribution in [2.24, 2.45) is 0 Å². The predicted octanol–water partition coefficient (Wildman–Crippen LogP) is 3.01. The summed E-state index contributed by atoms with van der Waals surface area (Å²) in [6.07, 6.45) is 1.22. The van der Waals surface area contributed by atoms with Gasteiger partial charge in [-0.2, -0.15) is 4.39 Å². The molecule has 2 aromatic rings. The van der Waals surface area contributed by atoms with Crippen molar-refractivity contribution in [3.8, 4) is 0 Å². The van der Waals surface area contributed by atoms with E-state index in [0.29, 0.717) is 12.4 Å². The molecule has 5 heteroatoms. The Balaban J connectivity index is 2.14. The van der Waals surface area contributed by atoms with Crippen LogP contribution in [0.3, 0.4) is 0 Å². The molecule has 17 heavy (non-hydrogen) atoms. The Morgan fingerprint density at radius 2 is 2.12 bits per heavy atom. The van der Waals surface area contributed by atoms with Gasteiger partial charge in [0.2, 0.25) is 5.95 Å². The maximum absolute atomic E-state index is 12.9. The van der Waals surface area contributed by atoms with Crippen LogP contribution in [0, 0.1) is 5.95 Å². The highest BCUT2D eigenvalue weighted by molar-refractivity contribution is 9.10. The molecule has 0 unspecified atom stereocenters. The normalized spacial score (nSPS) is 10.3. The molecule has 2 rings (SSSR count). The van der Waals surface area contributed by atoms with E-state index >= 15 is 0 Å². The van der Waals surface area contributed by atoms with Crippen molar-refractivity contribution in [2.45, 2.75) is 6.54 Å². The van der Waals surface area contributed by atoms with Crippen LogP contribution in [0.4, 0.5) is 10.2 Å². The molecule has 0 bridgehead atoms. The summed E-state index contributed by atoms with van der Waals surface area (Å²) in [5.41, 5.74) is 1.13. The van der Waals surface area contributed by atoms with Gasteiger partial charge in [0.25, 0.3) is 0 Å². The number of rotatable bonds is 3. The third kappa shape index (κ3) is 3.23. The molecule has 0 saturated carbocycles. The molecule has 1 heterocycles. The molecule has 88 valence electrons. The minimum Gasteiger partial charge on any atom is -0.355 e. The summed E-state index contributed by atoms with van der Waals surface area (Å²) in [7, 11) is 1.86. The second-order valence-electron chi connectivity index (χ2n) is 3.68. The summed E-state index contributed by atoms with van der Waals surface area (Å²) in [5.74, 6) is 0.0496. The zero-order chi connectivity index (χ0) is 12.3. The molecule has 0 spiro atoms. The Morgan fingerprint density at radius 1 is 1.29 bits per heavy atom. The van der Waals surface area contributed by atoms with Gasteiger partial charge in [0, 0.05) is 24.1 Å². The quantitative estimate of drug-likeness (QED) is 0.815. The summed E-state index contributed by atoms with van der Waals surface area (Å²) in [4.78, 5) is 9.32. The highest BCUT2D eigenvalue weighted by atomic mass is 79.9. The van der Waals surface area contributed by atoms with Crippen LogP contribution in [0.5, 0.6) is 0 Å². The third-order valence-electron chi connectivity index (χ3n) is 2.32. The topological polar surface area (TPSA) is 29.0 Å². The van der Waals surface area contributed by atoms with Crippen molar-refractivity contribution < 1.29 is 4.39 Å². The van der Waals surface area contributed by atoms with Crippen LogP contribution in [-0.4, -0.2) is 17.0 Å². The van der Waals surface area contributed by atoms with E-state index in [1.54, 1.807) is 0 Å². The summed E-state index contributed by atoms with van der Waals surface area (Å²) in [6.45, 7) is 0.663. The average Bonchev–Trinajstić information content (AvgIpc) is 2.29. The second kappa shape index (κ2) is 5.23. The van der Waals surface area contributed by atoms with E-state index in [4.69, 9.17) is 0 Å². The second-order valence-corrected chi connectivity index (χ2v) is 4.60. The fourth-order valence-electron chi connectivity index (χ4n) is 1.52. The van der Waals surface area contributed by atoms with Crippen molar-refractivity contribution in [2.75, 3.05) is 11.9 Å². The highest BCUT2D eigenvalue weighted by Crippen LogP contribution is 2.16. The van der Waals surface area contributed by atoms with Crippen LogP contribution < -0.4 is 4.90 Å². The van der Waals surface area contributed by atoms with Gasteiger partial charge in [-0.3, -0.25) is 0 Å². The largest absolute Gasteiger partial charge is 0.355 e. The number of anilines is 1. The molecule has 0 aliphatic carbocycles. The first-order chi connectivity index (χ1) is 8.15. The number of hydrogen-bond acceptors (Lipinski definition) is 3. The maximum atomic E-state index is 12.9. The lowest BCUT2D eigenvalue weighted by atomic mass is 10.2. The Kier molecular flexibility index (Phi) is 3.68. The molecule has 0 amide bonds. The molecule has 3 nitrogen and oxygen atoms in total. The Hall–Kier alpha value is -1.49. The van der Waals surface area contributed by atoms with Gasteiger partial charge in [-0.05, 0) is 17.7 Å². The molecule has 0 radical (unpaired) electrons. The number of hydrogen-bond donors (Lipinski definition) is 0. The summed E-state index contributed by atoms with van der Waals surface area (Å²) >= 11 is 3.42. The lowest BCUT2D eigenvalue weighted by Gasteiger charge is -2.17. The fourth-order valence-corrected chi connectivity index (χ4v) is 1.97. The molecular formula is C12H11BrFN3. The van der Waals surface area contributed by atoms with Gasteiger partial charge in [0.1, 0.15) is 12.1 Å². The first kappa shape index (κ1) is 12.0. The first-order valence-electron chi connectivity index (χ1n) is 5.08. The van der Waals surface area contributed by atoms with Crippen molar-refractivity contribution in [1.82, 2.24) is 9.97 Å². The van der Waals surface area contributed by atoms with E-state index in [1.165, 1.54) is 12.4 Å². The van der Waals surface area contributed by atoms with E-state index in [1.807, 2.05) is 36.2 Å². The van der Waals surface area contributed by atoms with Crippen LogP contribution in [0.15, 0.2) is 41.1 Å². The van der Waals surface area contributed by atoms with Crippen molar-refractivity contribution >= 4 is 21.7 Å². The maximum Gasteiger partial charge on any atom is 0.218 e. The van der Waals surface area contributed by atoms with Gasteiger partial charge >= 0.3 is 0 Å². The monoisotopic (exact) mass is 295 g/mol. The van der Waals surface area contributed by atoms with E-state index in [-0.39, 0.29) is 0 Å². The van der Waals surface area contributed by atoms with Crippen LogP contribution >= 0.6 is 15.9 Å². The molecule has 1 aromatic heterocycles. The van der Waals surface area contributed by atoms with E-state index in [9.17, 15) is 4.39 Å². The third-order valence-corrected chi connectivity index (χ3v) is 2.81. The number of aromatic nitrogens is 2. The minimum atomic E-state index is -0.518. The summed E-state index contributed by atoms with van der Waals surface area (Å²) in [6, 6.07) is 9.28. The molecular weight excluding hydrogens is 285 g/mol. The molecule has 0 saturated heterocycles.